The molecule has 1 heterocycles. The minimum Gasteiger partial charge on any atom is -0.462 e. The summed E-state index contributed by atoms with van der Waals surface area (Å²) in [5, 5.41) is 40.1. The van der Waals surface area contributed by atoms with Gasteiger partial charge < -0.3 is 39.4 Å². The van der Waals surface area contributed by atoms with Gasteiger partial charge in [-0.25, -0.2) is 0 Å². The van der Waals surface area contributed by atoms with Crippen LogP contribution in [0.2, 0.25) is 0 Å². The molecule has 0 spiro atoms. The van der Waals surface area contributed by atoms with E-state index in [9.17, 15) is 30.0 Å². The van der Waals surface area contributed by atoms with Gasteiger partial charge in [0.05, 0.1) is 13.2 Å². The Kier molecular flexibility index (Phi) is 35.3. The molecule has 2 unspecified atom stereocenters. The van der Waals surface area contributed by atoms with E-state index in [1.54, 1.807) is 0 Å². The van der Waals surface area contributed by atoms with Crippen molar-refractivity contribution >= 4 is 11.9 Å². The predicted molar refractivity (Wildman–Crippen MR) is 224 cm³/mol. The highest BCUT2D eigenvalue weighted by Gasteiger charge is 2.44. The van der Waals surface area contributed by atoms with E-state index in [-0.39, 0.29) is 26.1 Å². The number of carbonyl (C=O) groups excluding carboxylic acids is 2. The Labute approximate surface area is 341 Å². The van der Waals surface area contributed by atoms with Crippen molar-refractivity contribution in [1.82, 2.24) is 0 Å². The highest BCUT2D eigenvalue weighted by molar-refractivity contribution is 5.70. The van der Waals surface area contributed by atoms with Crippen molar-refractivity contribution in [2.24, 2.45) is 0 Å². The summed E-state index contributed by atoms with van der Waals surface area (Å²) in [7, 11) is 0. The zero-order chi connectivity index (χ0) is 40.9. The Balaban J connectivity index is 2.32. The molecular formula is C46H86O10. The third-order valence-electron chi connectivity index (χ3n) is 10.9. The standard InChI is InChI=1S/C46H86O10/c1-3-5-7-9-11-13-15-17-19-21-23-25-27-29-31-33-35-42(49)55-39(38-54-46-45(52)44(51)43(50)40(36-47)56-46)37-53-41(48)34-32-30-28-26-24-22-20-18-16-14-12-10-8-6-4-2/h28,30,39-40,43-47,50-52H,3-27,29,31-38H2,1-2H3/b30-28+/t39-,40-,43+,44?,45?,46-/m1/s1. The molecule has 0 aliphatic carbocycles. The molecule has 0 aromatic heterocycles. The second-order valence-corrected chi connectivity index (χ2v) is 16.2. The number of esters is 2. The van der Waals surface area contributed by atoms with Crippen LogP contribution in [-0.4, -0.2) is 89.0 Å². The van der Waals surface area contributed by atoms with Crippen LogP contribution in [0, 0.1) is 0 Å². The minimum atomic E-state index is -1.59. The van der Waals surface area contributed by atoms with E-state index < -0.39 is 55.4 Å². The minimum absolute atomic E-state index is 0.197. The van der Waals surface area contributed by atoms with Crippen molar-refractivity contribution in [3.63, 3.8) is 0 Å². The van der Waals surface area contributed by atoms with Crippen LogP contribution in [0.1, 0.15) is 213 Å². The zero-order valence-corrected chi connectivity index (χ0v) is 35.9. The summed E-state index contributed by atoms with van der Waals surface area (Å²) in [6, 6.07) is 0. The van der Waals surface area contributed by atoms with Crippen LogP contribution in [0.25, 0.3) is 0 Å². The van der Waals surface area contributed by atoms with Crippen LogP contribution in [0.4, 0.5) is 0 Å². The molecule has 1 fully saturated rings. The average Bonchev–Trinajstić information content (AvgIpc) is 3.19. The van der Waals surface area contributed by atoms with Gasteiger partial charge in [0.2, 0.25) is 0 Å². The Bertz CT molecular complexity index is 928. The average molecular weight is 799 g/mol. The molecule has 0 saturated carbocycles. The lowest BCUT2D eigenvalue weighted by Gasteiger charge is -2.39. The second kappa shape index (κ2) is 37.7. The van der Waals surface area contributed by atoms with Gasteiger partial charge in [-0.1, -0.05) is 187 Å². The summed E-state index contributed by atoms with van der Waals surface area (Å²) in [6.45, 7) is 3.41. The van der Waals surface area contributed by atoms with Crippen LogP contribution in [0.15, 0.2) is 12.2 Å². The maximum Gasteiger partial charge on any atom is 0.306 e. The highest BCUT2D eigenvalue weighted by Crippen LogP contribution is 2.23. The number of aliphatic hydroxyl groups is 4. The van der Waals surface area contributed by atoms with Gasteiger partial charge in [0, 0.05) is 12.8 Å². The molecular weight excluding hydrogens is 712 g/mol. The molecule has 0 amide bonds. The molecule has 10 nitrogen and oxygen atoms in total. The van der Waals surface area contributed by atoms with Crippen molar-refractivity contribution < 1.29 is 49.0 Å². The van der Waals surface area contributed by atoms with Gasteiger partial charge in [-0.3, -0.25) is 9.59 Å². The number of hydrogen-bond acceptors (Lipinski definition) is 10. The lowest BCUT2D eigenvalue weighted by molar-refractivity contribution is -0.305. The first kappa shape index (κ1) is 52.5. The maximum atomic E-state index is 12.8. The lowest BCUT2D eigenvalue weighted by atomic mass is 9.99. The zero-order valence-electron chi connectivity index (χ0n) is 35.9. The summed E-state index contributed by atoms with van der Waals surface area (Å²) < 4.78 is 22.1. The van der Waals surface area contributed by atoms with E-state index in [2.05, 4.69) is 19.9 Å². The van der Waals surface area contributed by atoms with Gasteiger partial charge in [0.15, 0.2) is 12.4 Å². The summed E-state index contributed by atoms with van der Waals surface area (Å²) >= 11 is 0. The van der Waals surface area contributed by atoms with E-state index in [0.29, 0.717) is 12.8 Å². The molecule has 1 aliphatic rings. The molecule has 0 radical (unpaired) electrons. The van der Waals surface area contributed by atoms with Gasteiger partial charge in [-0.05, 0) is 25.7 Å². The van der Waals surface area contributed by atoms with E-state index in [0.717, 1.165) is 32.1 Å². The van der Waals surface area contributed by atoms with E-state index >= 15 is 0 Å². The van der Waals surface area contributed by atoms with Crippen molar-refractivity contribution in [2.45, 2.75) is 250 Å². The first-order chi connectivity index (χ1) is 27.3. The molecule has 6 atom stereocenters. The van der Waals surface area contributed by atoms with Crippen molar-refractivity contribution in [3.8, 4) is 0 Å². The Morgan fingerprint density at radius 1 is 0.536 bits per heavy atom. The van der Waals surface area contributed by atoms with E-state index in [1.807, 2.05) is 6.08 Å². The van der Waals surface area contributed by atoms with Crippen LogP contribution >= 0.6 is 0 Å². The van der Waals surface area contributed by atoms with Gasteiger partial charge in [-0.15, -0.1) is 0 Å². The number of rotatable bonds is 39. The largest absolute Gasteiger partial charge is 0.462 e. The van der Waals surface area contributed by atoms with Gasteiger partial charge >= 0.3 is 11.9 Å². The molecule has 0 aromatic rings. The first-order valence-electron chi connectivity index (χ1n) is 23.3. The number of hydrogen-bond donors (Lipinski definition) is 4. The predicted octanol–water partition coefficient (Wildman–Crippen LogP) is 9.95. The van der Waals surface area contributed by atoms with Crippen LogP contribution < -0.4 is 0 Å². The Morgan fingerprint density at radius 3 is 1.46 bits per heavy atom. The maximum absolute atomic E-state index is 12.8. The normalized spacial score (nSPS) is 20.4. The van der Waals surface area contributed by atoms with E-state index in [4.69, 9.17) is 18.9 Å². The molecule has 330 valence electrons. The highest BCUT2D eigenvalue weighted by atomic mass is 16.7. The fraction of sp³-hybridized carbons (Fsp3) is 0.913. The molecule has 0 aromatic carbocycles. The number of ether oxygens (including phenoxy) is 4. The van der Waals surface area contributed by atoms with Gasteiger partial charge in [-0.2, -0.15) is 0 Å². The number of carbonyl (C=O) groups is 2. The van der Waals surface area contributed by atoms with Crippen LogP contribution in [0.5, 0.6) is 0 Å². The number of aliphatic hydroxyl groups excluding tert-OH is 4. The molecule has 1 aliphatic heterocycles. The fourth-order valence-corrected chi connectivity index (χ4v) is 7.21. The lowest BCUT2D eigenvalue weighted by Crippen LogP contribution is -2.59. The molecule has 1 rings (SSSR count). The van der Waals surface area contributed by atoms with Crippen molar-refractivity contribution in [3.05, 3.63) is 12.2 Å². The monoisotopic (exact) mass is 799 g/mol. The summed E-state index contributed by atoms with van der Waals surface area (Å²) in [5.41, 5.74) is 0. The Hall–Kier alpha value is -1.56. The molecule has 1 saturated heterocycles. The second-order valence-electron chi connectivity index (χ2n) is 16.2. The number of unbranched alkanes of at least 4 members (excludes halogenated alkanes) is 26. The number of allylic oxidation sites excluding steroid dienone is 2. The van der Waals surface area contributed by atoms with Crippen molar-refractivity contribution in [1.29, 1.82) is 0 Å². The smallest absolute Gasteiger partial charge is 0.306 e. The fourth-order valence-electron chi connectivity index (χ4n) is 7.21. The molecule has 10 heteroatoms. The van der Waals surface area contributed by atoms with Crippen LogP contribution in [-0.2, 0) is 28.5 Å². The molecule has 0 bridgehead atoms. The van der Waals surface area contributed by atoms with E-state index in [1.165, 1.54) is 141 Å². The first-order valence-corrected chi connectivity index (χ1v) is 23.3. The summed E-state index contributed by atoms with van der Waals surface area (Å²) in [6.07, 6.45) is 32.3. The van der Waals surface area contributed by atoms with Gasteiger partial charge in [0.1, 0.15) is 31.0 Å². The third-order valence-corrected chi connectivity index (χ3v) is 10.9. The summed E-state index contributed by atoms with van der Waals surface area (Å²) in [4.78, 5) is 25.3. The van der Waals surface area contributed by atoms with Crippen molar-refractivity contribution in [2.75, 3.05) is 19.8 Å². The SMILES string of the molecule is CCCCCCCCCCCCC/C=C/CCC(=O)OC[C@H](CO[C@@H]1O[C@H](CO)[C@H](O)C(O)C1O)OC(=O)CCCCCCCCCCCCCCCCCC. The quantitative estimate of drug-likeness (QED) is 0.0269. The Morgan fingerprint density at radius 2 is 0.982 bits per heavy atom. The molecule has 56 heavy (non-hydrogen) atoms. The third kappa shape index (κ3) is 28.8. The topological polar surface area (TPSA) is 152 Å². The van der Waals surface area contributed by atoms with Crippen LogP contribution in [0.3, 0.4) is 0 Å². The molecule has 4 N–H and O–H groups in total. The van der Waals surface area contributed by atoms with Gasteiger partial charge in [0.25, 0.3) is 0 Å². The summed E-state index contributed by atoms with van der Waals surface area (Å²) in [5.74, 6) is -0.852.